The van der Waals surface area contributed by atoms with Crippen LogP contribution in [0.15, 0.2) is 41.0 Å². The molecule has 1 amide bonds. The minimum Gasteiger partial charge on any atom is -0.497 e. The molecule has 19 heavy (non-hydrogen) atoms. The lowest BCUT2D eigenvalue weighted by Crippen LogP contribution is -2.17. The van der Waals surface area contributed by atoms with Crippen LogP contribution in [0.2, 0.25) is 0 Å². The second-order valence-corrected chi connectivity index (χ2v) is 4.16. The van der Waals surface area contributed by atoms with E-state index >= 15 is 0 Å². The third-order valence-corrected chi connectivity index (χ3v) is 3.00. The Morgan fingerprint density at radius 3 is 2.63 bits per heavy atom. The maximum Gasteiger partial charge on any atom is 0.220 e. The first-order valence-electron chi connectivity index (χ1n) is 6.16. The van der Waals surface area contributed by atoms with Gasteiger partial charge < -0.3 is 14.5 Å². The summed E-state index contributed by atoms with van der Waals surface area (Å²) in [5.41, 5.74) is 2.08. The number of carbonyl (C=O) groups is 1. The van der Waals surface area contributed by atoms with E-state index in [1.807, 2.05) is 30.3 Å². The quantitative estimate of drug-likeness (QED) is 0.898. The second-order valence-electron chi connectivity index (χ2n) is 4.16. The Morgan fingerprint density at radius 2 is 2.00 bits per heavy atom. The average Bonchev–Trinajstić information content (AvgIpc) is 2.93. The Labute approximate surface area is 112 Å². The average molecular weight is 259 g/mol. The molecule has 100 valence electrons. The molecule has 0 spiro atoms. The highest BCUT2D eigenvalue weighted by Crippen LogP contribution is 2.27. The van der Waals surface area contributed by atoms with Crippen LogP contribution in [0.1, 0.15) is 12.2 Å². The number of rotatable bonds is 5. The Balaban J connectivity index is 2.15. The van der Waals surface area contributed by atoms with Gasteiger partial charge >= 0.3 is 0 Å². The summed E-state index contributed by atoms with van der Waals surface area (Å²) in [6.07, 6.45) is 2.67. The summed E-state index contributed by atoms with van der Waals surface area (Å²) in [7, 11) is 3.27. The van der Waals surface area contributed by atoms with Crippen molar-refractivity contribution in [1.29, 1.82) is 0 Å². The Hall–Kier alpha value is -2.23. The van der Waals surface area contributed by atoms with Gasteiger partial charge in [0.25, 0.3) is 0 Å². The van der Waals surface area contributed by atoms with Crippen LogP contribution in [0.4, 0.5) is 0 Å². The van der Waals surface area contributed by atoms with Crippen molar-refractivity contribution >= 4 is 5.91 Å². The van der Waals surface area contributed by atoms with Gasteiger partial charge in [-0.2, -0.15) is 0 Å². The van der Waals surface area contributed by atoms with E-state index in [4.69, 9.17) is 9.15 Å². The summed E-state index contributed by atoms with van der Waals surface area (Å²) in [4.78, 5) is 11.3. The third-order valence-electron chi connectivity index (χ3n) is 3.00. The molecule has 0 aliphatic rings. The van der Waals surface area contributed by atoms with Gasteiger partial charge in [0.2, 0.25) is 5.91 Å². The number of benzene rings is 1. The van der Waals surface area contributed by atoms with Crippen molar-refractivity contribution < 1.29 is 13.9 Å². The van der Waals surface area contributed by atoms with E-state index in [1.54, 1.807) is 20.4 Å². The summed E-state index contributed by atoms with van der Waals surface area (Å²) in [6.45, 7) is 0. The van der Waals surface area contributed by atoms with E-state index in [2.05, 4.69) is 5.32 Å². The van der Waals surface area contributed by atoms with Gasteiger partial charge in [-0.3, -0.25) is 4.79 Å². The molecule has 0 atom stereocenters. The van der Waals surface area contributed by atoms with E-state index in [9.17, 15) is 4.79 Å². The monoisotopic (exact) mass is 259 g/mol. The van der Waals surface area contributed by atoms with Gasteiger partial charge in [0.1, 0.15) is 11.5 Å². The zero-order chi connectivity index (χ0) is 13.7. The van der Waals surface area contributed by atoms with Crippen molar-refractivity contribution in [3.63, 3.8) is 0 Å². The minimum atomic E-state index is 0.0112. The first-order chi connectivity index (χ1) is 9.24. The van der Waals surface area contributed by atoms with Crippen LogP contribution >= 0.6 is 0 Å². The van der Waals surface area contributed by atoms with Gasteiger partial charge in [0.05, 0.1) is 13.4 Å². The van der Waals surface area contributed by atoms with Gasteiger partial charge in [-0.15, -0.1) is 0 Å². The number of furan rings is 1. The number of hydrogen-bond acceptors (Lipinski definition) is 3. The highest BCUT2D eigenvalue weighted by molar-refractivity contribution is 5.76. The zero-order valence-corrected chi connectivity index (χ0v) is 11.1. The third kappa shape index (κ3) is 3.16. The van der Waals surface area contributed by atoms with Crippen LogP contribution in [0.5, 0.6) is 5.75 Å². The number of nitrogens with one attached hydrogen (secondary N) is 1. The van der Waals surface area contributed by atoms with E-state index in [0.717, 1.165) is 22.6 Å². The predicted octanol–water partition coefficient (Wildman–Crippen LogP) is 2.63. The van der Waals surface area contributed by atoms with Gasteiger partial charge in [0.15, 0.2) is 0 Å². The van der Waals surface area contributed by atoms with Gasteiger partial charge in [-0.25, -0.2) is 0 Å². The molecule has 0 saturated heterocycles. The van der Waals surface area contributed by atoms with Crippen LogP contribution in [-0.2, 0) is 11.2 Å². The SMILES string of the molecule is CNC(=O)CCc1occc1-c1ccc(OC)cc1. The van der Waals surface area contributed by atoms with Crippen LogP contribution < -0.4 is 10.1 Å². The standard InChI is InChI=1S/C15H17NO3/c1-16-15(17)8-7-14-13(9-10-19-14)11-3-5-12(18-2)6-4-11/h3-6,9-10H,7-8H2,1-2H3,(H,16,17). The number of amides is 1. The number of methoxy groups -OCH3 is 1. The van der Waals surface area contributed by atoms with Crippen molar-refractivity contribution in [3.05, 3.63) is 42.4 Å². The lowest BCUT2D eigenvalue weighted by molar-refractivity contribution is -0.120. The van der Waals surface area contributed by atoms with Crippen molar-refractivity contribution in [2.75, 3.05) is 14.2 Å². The van der Waals surface area contributed by atoms with Crippen molar-refractivity contribution in [1.82, 2.24) is 5.32 Å². The topological polar surface area (TPSA) is 51.5 Å². The summed E-state index contributed by atoms with van der Waals surface area (Å²) in [5.74, 6) is 1.66. The molecule has 0 aliphatic carbocycles. The fourth-order valence-electron chi connectivity index (χ4n) is 1.91. The zero-order valence-electron chi connectivity index (χ0n) is 11.1. The van der Waals surface area contributed by atoms with Gasteiger partial charge in [-0.05, 0) is 23.8 Å². The molecule has 0 unspecified atom stereocenters. The molecule has 0 bridgehead atoms. The molecule has 0 saturated carbocycles. The van der Waals surface area contributed by atoms with Crippen LogP contribution in [0, 0.1) is 0 Å². The van der Waals surface area contributed by atoms with Crippen LogP contribution in [-0.4, -0.2) is 20.1 Å². The lowest BCUT2D eigenvalue weighted by Gasteiger charge is -2.04. The summed E-state index contributed by atoms with van der Waals surface area (Å²) >= 11 is 0. The predicted molar refractivity (Wildman–Crippen MR) is 73.1 cm³/mol. The van der Waals surface area contributed by atoms with E-state index < -0.39 is 0 Å². The second kappa shape index (κ2) is 6.09. The van der Waals surface area contributed by atoms with Crippen molar-refractivity contribution in [2.24, 2.45) is 0 Å². The Bertz CT molecular complexity index is 543. The molecule has 1 aromatic heterocycles. The van der Waals surface area contributed by atoms with E-state index in [1.165, 1.54) is 0 Å². The molecule has 0 fully saturated rings. The van der Waals surface area contributed by atoms with E-state index in [-0.39, 0.29) is 5.91 Å². The molecule has 1 N–H and O–H groups in total. The minimum absolute atomic E-state index is 0.0112. The fraction of sp³-hybridized carbons (Fsp3) is 0.267. The fourth-order valence-corrected chi connectivity index (χ4v) is 1.91. The molecule has 2 aromatic rings. The van der Waals surface area contributed by atoms with Gasteiger partial charge in [0, 0.05) is 25.5 Å². The molecule has 2 rings (SSSR count). The number of hydrogen-bond donors (Lipinski definition) is 1. The summed E-state index contributed by atoms with van der Waals surface area (Å²) in [6, 6.07) is 9.69. The first kappa shape index (κ1) is 13.2. The molecule has 0 aliphatic heterocycles. The number of aryl methyl sites for hydroxylation is 1. The molecular formula is C15H17NO3. The van der Waals surface area contributed by atoms with Crippen LogP contribution in [0.3, 0.4) is 0 Å². The van der Waals surface area contributed by atoms with E-state index in [0.29, 0.717) is 12.8 Å². The van der Waals surface area contributed by atoms with Crippen molar-refractivity contribution in [3.8, 4) is 16.9 Å². The highest BCUT2D eigenvalue weighted by Gasteiger charge is 2.10. The normalized spacial score (nSPS) is 10.2. The summed E-state index contributed by atoms with van der Waals surface area (Å²) < 4.78 is 10.6. The smallest absolute Gasteiger partial charge is 0.220 e. The Morgan fingerprint density at radius 1 is 1.26 bits per heavy atom. The lowest BCUT2D eigenvalue weighted by atomic mass is 10.0. The highest BCUT2D eigenvalue weighted by atomic mass is 16.5. The maximum absolute atomic E-state index is 11.3. The molecule has 4 nitrogen and oxygen atoms in total. The maximum atomic E-state index is 11.3. The largest absolute Gasteiger partial charge is 0.497 e. The molecule has 0 radical (unpaired) electrons. The molecular weight excluding hydrogens is 242 g/mol. The van der Waals surface area contributed by atoms with Crippen LogP contribution in [0.25, 0.3) is 11.1 Å². The molecule has 1 aromatic carbocycles. The molecule has 1 heterocycles. The summed E-state index contributed by atoms with van der Waals surface area (Å²) in [5, 5.41) is 2.60. The Kier molecular flexibility index (Phi) is 4.23. The number of ether oxygens (including phenoxy) is 1. The van der Waals surface area contributed by atoms with Crippen molar-refractivity contribution in [2.45, 2.75) is 12.8 Å². The number of carbonyl (C=O) groups excluding carboxylic acids is 1. The van der Waals surface area contributed by atoms with Gasteiger partial charge in [-0.1, -0.05) is 12.1 Å². The first-order valence-corrected chi connectivity index (χ1v) is 6.16. The molecule has 4 heteroatoms.